The lowest BCUT2D eigenvalue weighted by atomic mass is 10.2. The van der Waals surface area contributed by atoms with Crippen LogP contribution in [0, 0.1) is 0 Å². The Kier molecular flexibility index (Phi) is 5.77. The van der Waals surface area contributed by atoms with Crippen molar-refractivity contribution in [2.45, 2.75) is 26.3 Å². The van der Waals surface area contributed by atoms with Crippen LogP contribution >= 0.6 is 0 Å². The number of anilines is 3. The van der Waals surface area contributed by atoms with Crippen LogP contribution in [0.2, 0.25) is 0 Å². The topological polar surface area (TPSA) is 79.3 Å². The number of halogens is 3. The number of fused-ring (bicyclic) bond motifs is 1. The maximum Gasteiger partial charge on any atom is 0.573 e. The predicted octanol–water partition coefficient (Wildman–Crippen LogP) is 3.59. The molecule has 0 aliphatic carbocycles. The van der Waals surface area contributed by atoms with Crippen LogP contribution in [0.3, 0.4) is 0 Å². The van der Waals surface area contributed by atoms with E-state index >= 15 is 0 Å². The van der Waals surface area contributed by atoms with E-state index in [0.29, 0.717) is 28.6 Å². The minimum absolute atomic E-state index is 0.303. The number of aromatic nitrogens is 4. The van der Waals surface area contributed by atoms with Gasteiger partial charge in [-0.25, -0.2) is 4.98 Å². The Labute approximate surface area is 177 Å². The predicted molar refractivity (Wildman–Crippen MR) is 110 cm³/mol. The summed E-state index contributed by atoms with van der Waals surface area (Å²) in [6.45, 7) is 7.95. The van der Waals surface area contributed by atoms with Gasteiger partial charge in [-0.1, -0.05) is 6.07 Å². The SMILES string of the molecule is CC(C)N1CCN(c2ccc3nnnc(Nc4cccc(OC(F)(F)F)c4)c3n2)CC1. The lowest BCUT2D eigenvalue weighted by Crippen LogP contribution is -2.49. The zero-order chi connectivity index (χ0) is 22.0. The van der Waals surface area contributed by atoms with Gasteiger partial charge in [0.15, 0.2) is 5.82 Å². The van der Waals surface area contributed by atoms with E-state index in [2.05, 4.69) is 49.1 Å². The van der Waals surface area contributed by atoms with Crippen LogP contribution in [0.5, 0.6) is 5.75 Å². The average Bonchev–Trinajstić information content (AvgIpc) is 2.73. The monoisotopic (exact) mass is 433 g/mol. The first kappa shape index (κ1) is 21.0. The third-order valence-corrected chi connectivity index (χ3v) is 5.08. The van der Waals surface area contributed by atoms with Crippen molar-refractivity contribution >= 4 is 28.4 Å². The molecule has 8 nitrogen and oxygen atoms in total. The van der Waals surface area contributed by atoms with Crippen LogP contribution in [-0.2, 0) is 0 Å². The summed E-state index contributed by atoms with van der Waals surface area (Å²) >= 11 is 0. The number of nitrogens with one attached hydrogen (secondary N) is 1. The smallest absolute Gasteiger partial charge is 0.406 e. The van der Waals surface area contributed by atoms with Crippen molar-refractivity contribution in [3.63, 3.8) is 0 Å². The highest BCUT2D eigenvalue weighted by Gasteiger charge is 2.31. The molecule has 164 valence electrons. The molecule has 1 aliphatic heterocycles. The summed E-state index contributed by atoms with van der Waals surface area (Å²) in [4.78, 5) is 9.32. The summed E-state index contributed by atoms with van der Waals surface area (Å²) in [6, 6.07) is 9.72. The van der Waals surface area contributed by atoms with Gasteiger partial charge in [0.2, 0.25) is 0 Å². The number of nitrogens with zero attached hydrogens (tertiary/aromatic N) is 6. The molecule has 1 saturated heterocycles. The Morgan fingerprint density at radius 1 is 1.03 bits per heavy atom. The van der Waals surface area contributed by atoms with Gasteiger partial charge in [-0.3, -0.25) is 4.90 Å². The molecular weight excluding hydrogens is 411 g/mol. The van der Waals surface area contributed by atoms with Gasteiger partial charge in [0.05, 0.1) is 0 Å². The van der Waals surface area contributed by atoms with E-state index in [-0.39, 0.29) is 5.75 Å². The van der Waals surface area contributed by atoms with E-state index in [1.165, 1.54) is 18.2 Å². The normalized spacial score (nSPS) is 15.5. The number of benzene rings is 1. The van der Waals surface area contributed by atoms with Crippen LogP contribution < -0.4 is 15.0 Å². The van der Waals surface area contributed by atoms with E-state index in [1.54, 1.807) is 6.07 Å². The number of rotatable bonds is 5. The molecule has 0 saturated carbocycles. The summed E-state index contributed by atoms with van der Waals surface area (Å²) in [5, 5.41) is 14.7. The van der Waals surface area contributed by atoms with Gasteiger partial charge in [-0.2, -0.15) is 0 Å². The second-order valence-electron chi connectivity index (χ2n) is 7.49. The minimum Gasteiger partial charge on any atom is -0.406 e. The first-order valence-corrected chi connectivity index (χ1v) is 9.90. The zero-order valence-electron chi connectivity index (χ0n) is 17.1. The van der Waals surface area contributed by atoms with Crippen LogP contribution in [0.1, 0.15) is 13.8 Å². The van der Waals surface area contributed by atoms with E-state index < -0.39 is 6.36 Å². The average molecular weight is 433 g/mol. The third-order valence-electron chi connectivity index (χ3n) is 5.08. The molecule has 1 aromatic carbocycles. The van der Waals surface area contributed by atoms with Crippen molar-refractivity contribution in [2.24, 2.45) is 0 Å². The number of alkyl halides is 3. The number of piperazine rings is 1. The fourth-order valence-electron chi connectivity index (χ4n) is 3.49. The van der Waals surface area contributed by atoms with E-state index in [1.807, 2.05) is 12.1 Å². The quantitative estimate of drug-likeness (QED) is 0.654. The number of ether oxygens (including phenoxy) is 1. The fourth-order valence-corrected chi connectivity index (χ4v) is 3.49. The van der Waals surface area contributed by atoms with Gasteiger partial charge in [0.1, 0.15) is 22.6 Å². The second kappa shape index (κ2) is 8.50. The maximum atomic E-state index is 12.5. The largest absolute Gasteiger partial charge is 0.573 e. The number of hydrogen-bond acceptors (Lipinski definition) is 8. The Morgan fingerprint density at radius 2 is 1.81 bits per heavy atom. The lowest BCUT2D eigenvalue weighted by Gasteiger charge is -2.37. The molecule has 3 heterocycles. The molecule has 0 atom stereocenters. The molecule has 3 aromatic rings. The first-order valence-electron chi connectivity index (χ1n) is 9.90. The highest BCUT2D eigenvalue weighted by Crippen LogP contribution is 2.28. The van der Waals surface area contributed by atoms with Crippen molar-refractivity contribution in [1.29, 1.82) is 0 Å². The molecule has 0 unspecified atom stereocenters. The number of pyridine rings is 1. The summed E-state index contributed by atoms with van der Waals surface area (Å²) in [6.07, 6.45) is -4.77. The molecular formula is C20H22F3N7O. The second-order valence-corrected chi connectivity index (χ2v) is 7.49. The molecule has 4 rings (SSSR count). The first-order chi connectivity index (χ1) is 14.8. The summed E-state index contributed by atoms with van der Waals surface area (Å²) < 4.78 is 41.5. The van der Waals surface area contributed by atoms with Crippen LogP contribution in [0.15, 0.2) is 36.4 Å². The van der Waals surface area contributed by atoms with E-state index in [9.17, 15) is 13.2 Å². The Morgan fingerprint density at radius 3 is 2.52 bits per heavy atom. The van der Waals surface area contributed by atoms with Crippen molar-refractivity contribution in [3.8, 4) is 5.75 Å². The summed E-state index contributed by atoms with van der Waals surface area (Å²) in [5.74, 6) is 0.764. The molecule has 2 aromatic heterocycles. The molecule has 11 heteroatoms. The lowest BCUT2D eigenvalue weighted by molar-refractivity contribution is -0.274. The van der Waals surface area contributed by atoms with Gasteiger partial charge in [0, 0.05) is 44.0 Å². The standard InChI is InChI=1S/C20H22F3N7O/c1-13(2)29-8-10-30(11-9-29)17-7-6-16-18(25-17)19(27-28-26-16)24-14-4-3-5-15(12-14)31-20(21,22)23/h3-7,12-13H,8-11H2,1-2H3,(H,24,26,27). The minimum atomic E-state index is -4.77. The fraction of sp³-hybridized carbons (Fsp3) is 0.400. The van der Waals surface area contributed by atoms with Gasteiger partial charge < -0.3 is 15.0 Å². The molecule has 1 aliphatic rings. The van der Waals surface area contributed by atoms with Crippen LogP contribution in [0.4, 0.5) is 30.5 Å². The van der Waals surface area contributed by atoms with Crippen LogP contribution in [-0.4, -0.2) is 63.9 Å². The van der Waals surface area contributed by atoms with E-state index in [0.717, 1.165) is 32.0 Å². The molecule has 0 bridgehead atoms. The summed E-state index contributed by atoms with van der Waals surface area (Å²) in [5.41, 5.74) is 1.38. The Balaban J connectivity index is 1.58. The van der Waals surface area contributed by atoms with E-state index in [4.69, 9.17) is 4.98 Å². The molecule has 0 radical (unpaired) electrons. The highest BCUT2D eigenvalue weighted by atomic mass is 19.4. The molecule has 0 amide bonds. The van der Waals surface area contributed by atoms with Crippen molar-refractivity contribution in [3.05, 3.63) is 36.4 Å². The molecule has 31 heavy (non-hydrogen) atoms. The van der Waals surface area contributed by atoms with Gasteiger partial charge >= 0.3 is 6.36 Å². The van der Waals surface area contributed by atoms with Crippen molar-refractivity contribution < 1.29 is 17.9 Å². The van der Waals surface area contributed by atoms with Gasteiger partial charge in [0.25, 0.3) is 0 Å². The third kappa shape index (κ3) is 5.10. The highest BCUT2D eigenvalue weighted by molar-refractivity contribution is 5.87. The molecule has 0 spiro atoms. The Bertz CT molecular complexity index is 1050. The summed E-state index contributed by atoms with van der Waals surface area (Å²) in [7, 11) is 0. The van der Waals surface area contributed by atoms with Gasteiger partial charge in [-0.05, 0) is 43.3 Å². The van der Waals surface area contributed by atoms with Crippen molar-refractivity contribution in [2.75, 3.05) is 36.4 Å². The van der Waals surface area contributed by atoms with Crippen molar-refractivity contribution in [1.82, 2.24) is 25.3 Å². The molecule has 1 N–H and O–H groups in total. The number of hydrogen-bond donors (Lipinski definition) is 1. The zero-order valence-corrected chi connectivity index (χ0v) is 17.1. The maximum absolute atomic E-state index is 12.5. The molecule has 1 fully saturated rings. The van der Waals surface area contributed by atoms with Gasteiger partial charge in [-0.15, -0.1) is 23.4 Å². The van der Waals surface area contributed by atoms with Crippen LogP contribution in [0.25, 0.3) is 11.0 Å². The Hall–Kier alpha value is -3.21.